The number of hydrogen-bond acceptors (Lipinski definition) is 6. The van der Waals surface area contributed by atoms with E-state index in [1.54, 1.807) is 6.20 Å². The second-order valence-corrected chi connectivity index (χ2v) is 6.40. The van der Waals surface area contributed by atoms with Gasteiger partial charge in [0, 0.05) is 61.9 Å². The molecule has 0 spiro atoms. The van der Waals surface area contributed by atoms with Crippen LogP contribution in [0.15, 0.2) is 11.6 Å². The van der Waals surface area contributed by atoms with E-state index in [4.69, 9.17) is 0 Å². The molecule has 0 bridgehead atoms. The summed E-state index contributed by atoms with van der Waals surface area (Å²) in [5.41, 5.74) is 3.11. The zero-order chi connectivity index (χ0) is 16.2. The van der Waals surface area contributed by atoms with Gasteiger partial charge in [-0.2, -0.15) is 5.10 Å². The van der Waals surface area contributed by atoms with Gasteiger partial charge in [-0.1, -0.05) is 0 Å². The minimum Gasteiger partial charge on any atom is -0.390 e. The molecule has 1 aliphatic heterocycles. The highest BCUT2D eigenvalue weighted by Crippen LogP contribution is 2.23. The van der Waals surface area contributed by atoms with Gasteiger partial charge in [0.25, 0.3) is 0 Å². The van der Waals surface area contributed by atoms with Crippen molar-refractivity contribution in [2.24, 2.45) is 0 Å². The fraction of sp³-hybridized carbons (Fsp3) is 0.533. The van der Waals surface area contributed by atoms with E-state index in [-0.39, 0.29) is 12.5 Å². The van der Waals surface area contributed by atoms with E-state index in [0.29, 0.717) is 18.1 Å². The van der Waals surface area contributed by atoms with Crippen molar-refractivity contribution in [3.05, 3.63) is 28.5 Å². The second-order valence-electron chi connectivity index (χ2n) is 5.51. The summed E-state index contributed by atoms with van der Waals surface area (Å²) in [6, 6.07) is 0. The number of hydrogen-bond donors (Lipinski definition) is 2. The van der Waals surface area contributed by atoms with Crippen LogP contribution in [0.4, 0.5) is 5.13 Å². The van der Waals surface area contributed by atoms with Crippen molar-refractivity contribution in [2.75, 3.05) is 18.4 Å². The number of nitrogens with one attached hydrogen (secondary N) is 1. The first-order chi connectivity index (χ1) is 11.2. The minimum absolute atomic E-state index is 0.0163. The third-order valence-corrected chi connectivity index (χ3v) is 4.77. The smallest absolute Gasteiger partial charge is 0.227 e. The fourth-order valence-corrected chi connectivity index (χ4v) is 3.47. The van der Waals surface area contributed by atoms with Crippen molar-refractivity contribution in [1.29, 1.82) is 0 Å². The number of aliphatic hydroxyl groups is 1. The van der Waals surface area contributed by atoms with E-state index in [9.17, 15) is 9.90 Å². The summed E-state index contributed by atoms with van der Waals surface area (Å²) < 4.78 is 1.98. The van der Waals surface area contributed by atoms with Gasteiger partial charge < -0.3 is 10.4 Å². The van der Waals surface area contributed by atoms with Gasteiger partial charge >= 0.3 is 0 Å². The predicted molar refractivity (Wildman–Crippen MR) is 88.2 cm³/mol. The van der Waals surface area contributed by atoms with Gasteiger partial charge in [0.1, 0.15) is 0 Å². The first kappa shape index (κ1) is 16.1. The predicted octanol–water partition coefficient (Wildman–Crippen LogP) is 1.24. The van der Waals surface area contributed by atoms with Crippen molar-refractivity contribution in [1.82, 2.24) is 19.7 Å². The highest BCUT2D eigenvalue weighted by atomic mass is 32.1. The molecule has 2 aromatic rings. The maximum absolute atomic E-state index is 11.9. The summed E-state index contributed by atoms with van der Waals surface area (Å²) in [5.74, 6) is -0.0163. The third-order valence-electron chi connectivity index (χ3n) is 4.08. The number of aliphatic hydroxyl groups excluding tert-OH is 1. The normalized spacial score (nSPS) is 14.7. The van der Waals surface area contributed by atoms with Gasteiger partial charge in [-0.15, -0.1) is 11.3 Å². The summed E-state index contributed by atoms with van der Waals surface area (Å²) >= 11 is 1.42. The van der Waals surface area contributed by atoms with Gasteiger partial charge in [0.05, 0.1) is 12.3 Å². The van der Waals surface area contributed by atoms with E-state index in [2.05, 4.69) is 27.2 Å². The van der Waals surface area contributed by atoms with E-state index >= 15 is 0 Å². The summed E-state index contributed by atoms with van der Waals surface area (Å²) in [6.45, 7) is 5.19. The zero-order valence-electron chi connectivity index (χ0n) is 13.2. The molecule has 3 rings (SSSR count). The highest BCUT2D eigenvalue weighted by Gasteiger charge is 2.24. The van der Waals surface area contributed by atoms with Crippen LogP contribution in [-0.2, 0) is 30.9 Å². The molecule has 7 nitrogen and oxygen atoms in total. The number of fused-ring (bicyclic) bond motifs is 1. The van der Waals surface area contributed by atoms with Crippen LogP contribution in [0.5, 0.6) is 0 Å². The number of amides is 1. The number of aryl methyl sites for hydroxylation is 1. The van der Waals surface area contributed by atoms with Crippen molar-refractivity contribution in [3.63, 3.8) is 0 Å². The van der Waals surface area contributed by atoms with Crippen molar-refractivity contribution in [3.8, 4) is 0 Å². The average Bonchev–Trinajstić information content (AvgIpc) is 3.19. The summed E-state index contributed by atoms with van der Waals surface area (Å²) in [5, 5.41) is 19.2. The summed E-state index contributed by atoms with van der Waals surface area (Å²) in [7, 11) is 0. The molecule has 0 saturated carbocycles. The first-order valence-corrected chi connectivity index (χ1v) is 8.69. The lowest BCUT2D eigenvalue weighted by atomic mass is 10.0. The topological polar surface area (TPSA) is 83.3 Å². The molecule has 124 valence electrons. The Morgan fingerprint density at radius 2 is 2.39 bits per heavy atom. The Kier molecular flexibility index (Phi) is 5.04. The number of carbonyl (C=O) groups excluding carboxylic acids is 1. The lowest BCUT2D eigenvalue weighted by Crippen LogP contribution is -2.33. The van der Waals surface area contributed by atoms with E-state index in [1.165, 1.54) is 17.0 Å². The summed E-state index contributed by atoms with van der Waals surface area (Å²) in [6.07, 6.45) is 3.02. The van der Waals surface area contributed by atoms with Crippen molar-refractivity contribution in [2.45, 2.75) is 39.5 Å². The molecular weight excluding hydrogens is 314 g/mol. The fourth-order valence-electron chi connectivity index (χ4n) is 2.92. The number of rotatable bonds is 6. The zero-order valence-corrected chi connectivity index (χ0v) is 14.0. The Balaban J connectivity index is 1.57. The van der Waals surface area contributed by atoms with Crippen LogP contribution >= 0.6 is 11.3 Å². The van der Waals surface area contributed by atoms with Crippen LogP contribution < -0.4 is 5.32 Å². The Morgan fingerprint density at radius 3 is 3.09 bits per heavy atom. The van der Waals surface area contributed by atoms with Gasteiger partial charge in [-0.25, -0.2) is 4.98 Å². The molecule has 0 aliphatic carbocycles. The maximum atomic E-state index is 11.9. The lowest BCUT2D eigenvalue weighted by molar-refractivity contribution is -0.116. The molecule has 2 aromatic heterocycles. The quantitative estimate of drug-likeness (QED) is 0.830. The Hall–Kier alpha value is -1.77. The van der Waals surface area contributed by atoms with Gasteiger partial charge in [-0.05, 0) is 6.92 Å². The standard InChI is InChI=1S/C15H21N5O2S/c1-2-20-13-3-6-19(9-11(13)12(10-21)18-20)7-4-14(22)17-15-16-5-8-23-15/h5,8,21H,2-4,6-7,9-10H2,1H3,(H,16,17,22). The van der Waals surface area contributed by atoms with Gasteiger partial charge in [-0.3, -0.25) is 14.4 Å². The van der Waals surface area contributed by atoms with Crippen molar-refractivity contribution < 1.29 is 9.90 Å². The summed E-state index contributed by atoms with van der Waals surface area (Å²) in [4.78, 5) is 18.2. The largest absolute Gasteiger partial charge is 0.390 e. The SMILES string of the molecule is CCn1nc(CO)c2c1CCN(CCC(=O)Nc1nccs1)C2. The van der Waals surface area contributed by atoms with Gasteiger partial charge in [0.2, 0.25) is 5.91 Å². The second kappa shape index (κ2) is 7.20. The van der Waals surface area contributed by atoms with Crippen LogP contribution in [0.3, 0.4) is 0 Å². The molecule has 0 atom stereocenters. The average molecular weight is 335 g/mol. The van der Waals surface area contributed by atoms with Crippen molar-refractivity contribution >= 4 is 22.4 Å². The molecule has 0 saturated heterocycles. The minimum atomic E-state index is -0.0340. The maximum Gasteiger partial charge on any atom is 0.227 e. The third kappa shape index (κ3) is 3.60. The Labute approximate surface area is 138 Å². The molecule has 0 fully saturated rings. The molecule has 23 heavy (non-hydrogen) atoms. The van der Waals surface area contributed by atoms with E-state index < -0.39 is 0 Å². The van der Waals surface area contributed by atoms with Crippen LogP contribution in [0.25, 0.3) is 0 Å². The molecular formula is C15H21N5O2S. The van der Waals surface area contributed by atoms with E-state index in [0.717, 1.165) is 37.3 Å². The Bertz CT molecular complexity index is 668. The molecule has 0 radical (unpaired) electrons. The molecule has 2 N–H and O–H groups in total. The van der Waals surface area contributed by atoms with Crippen LogP contribution in [-0.4, -0.2) is 43.8 Å². The first-order valence-electron chi connectivity index (χ1n) is 7.81. The highest BCUT2D eigenvalue weighted by molar-refractivity contribution is 7.13. The monoisotopic (exact) mass is 335 g/mol. The molecule has 1 aliphatic rings. The van der Waals surface area contributed by atoms with E-state index in [1.807, 2.05) is 10.1 Å². The number of thiazole rings is 1. The molecule has 3 heterocycles. The van der Waals surface area contributed by atoms with Crippen LogP contribution in [0, 0.1) is 0 Å². The lowest BCUT2D eigenvalue weighted by Gasteiger charge is -2.27. The van der Waals surface area contributed by atoms with Crippen LogP contribution in [0.1, 0.15) is 30.3 Å². The molecule has 1 amide bonds. The van der Waals surface area contributed by atoms with Gasteiger partial charge in [0.15, 0.2) is 5.13 Å². The molecule has 0 aromatic carbocycles. The van der Waals surface area contributed by atoms with Crippen LogP contribution in [0.2, 0.25) is 0 Å². The number of nitrogens with zero attached hydrogens (tertiary/aromatic N) is 4. The number of aromatic nitrogens is 3. The number of carbonyl (C=O) groups is 1. The Morgan fingerprint density at radius 1 is 1.52 bits per heavy atom. The number of anilines is 1. The molecule has 0 unspecified atom stereocenters. The molecule has 8 heteroatoms.